The number of nitrogens with zero attached hydrogens (tertiary/aromatic N) is 6. The predicted octanol–water partition coefficient (Wildman–Crippen LogP) is 2.50. The van der Waals surface area contributed by atoms with Crippen molar-refractivity contribution in [3.05, 3.63) is 46.5 Å². The van der Waals surface area contributed by atoms with Crippen molar-refractivity contribution in [2.45, 2.75) is 32.0 Å². The van der Waals surface area contributed by atoms with Crippen molar-refractivity contribution >= 4 is 23.4 Å². The summed E-state index contributed by atoms with van der Waals surface area (Å²) < 4.78 is 20.6. The Kier molecular flexibility index (Phi) is 6.61. The summed E-state index contributed by atoms with van der Waals surface area (Å²) in [5.74, 6) is 0.534. The highest BCUT2D eigenvalue weighted by molar-refractivity contribution is 7.98. The fourth-order valence-electron chi connectivity index (χ4n) is 4.02. The lowest BCUT2D eigenvalue weighted by atomic mass is 10.1. The average molecular weight is 459 g/mol. The summed E-state index contributed by atoms with van der Waals surface area (Å²) in [5.41, 5.74) is 3.50. The number of fused-ring (bicyclic) bond motifs is 1. The lowest BCUT2D eigenvalue weighted by Crippen LogP contribution is -2.48. The smallest absolute Gasteiger partial charge is 0.253 e. The molecule has 1 aromatic carbocycles. The minimum Gasteiger partial charge on any atom is -0.494 e. The Morgan fingerprint density at radius 2 is 1.94 bits per heavy atom. The molecule has 8 nitrogen and oxygen atoms in total. The molecule has 0 saturated carbocycles. The Balaban J connectivity index is 1.38. The molecule has 0 N–H and O–H groups in total. The summed E-state index contributed by atoms with van der Waals surface area (Å²) >= 11 is 1.46. The third-order valence-corrected chi connectivity index (χ3v) is 6.43. The van der Waals surface area contributed by atoms with E-state index in [1.165, 1.54) is 24.9 Å². The number of hydrogen-bond donors (Lipinski definition) is 0. The van der Waals surface area contributed by atoms with E-state index in [1.807, 2.05) is 31.1 Å². The molecule has 0 atom stereocenters. The standard InChI is InChI=1S/C22H27FN6O2S/c1-14-17(15(2)29-21(24-14)25-22(26-29)32-4)12-20(30)28-9-7-27(8-10-28)13-16-5-6-19(31-3)18(23)11-16/h5-6,11H,7-10,12-13H2,1-4H3. The van der Waals surface area contributed by atoms with Crippen LogP contribution in [0.2, 0.25) is 0 Å². The first kappa shape index (κ1) is 22.5. The second-order valence-corrected chi connectivity index (χ2v) is 8.65. The molecule has 1 amide bonds. The van der Waals surface area contributed by atoms with E-state index < -0.39 is 0 Å². The molecule has 1 fully saturated rings. The first-order valence-electron chi connectivity index (χ1n) is 10.5. The first-order valence-corrected chi connectivity index (χ1v) is 11.7. The fourth-order valence-corrected chi connectivity index (χ4v) is 4.35. The normalized spacial score (nSPS) is 14.8. The second-order valence-electron chi connectivity index (χ2n) is 7.87. The molecule has 0 spiro atoms. The summed E-state index contributed by atoms with van der Waals surface area (Å²) in [6.07, 6.45) is 2.21. The molecule has 4 rings (SSSR count). The van der Waals surface area contributed by atoms with Crippen LogP contribution >= 0.6 is 11.8 Å². The first-order chi connectivity index (χ1) is 15.4. The van der Waals surface area contributed by atoms with Crippen LogP contribution in [0.15, 0.2) is 23.4 Å². The maximum atomic E-state index is 14.0. The molecule has 3 aromatic rings. The Hall–Kier alpha value is -2.72. The lowest BCUT2D eigenvalue weighted by molar-refractivity contribution is -0.132. The van der Waals surface area contributed by atoms with Gasteiger partial charge in [-0.2, -0.15) is 4.98 Å². The van der Waals surface area contributed by atoms with Gasteiger partial charge < -0.3 is 9.64 Å². The largest absolute Gasteiger partial charge is 0.494 e. The average Bonchev–Trinajstić information content (AvgIpc) is 3.20. The quantitative estimate of drug-likeness (QED) is 0.526. The van der Waals surface area contributed by atoms with Crippen molar-refractivity contribution in [3.8, 4) is 5.75 Å². The highest BCUT2D eigenvalue weighted by Gasteiger charge is 2.24. The third-order valence-electron chi connectivity index (χ3n) is 5.89. The molecular weight excluding hydrogens is 431 g/mol. The van der Waals surface area contributed by atoms with Gasteiger partial charge >= 0.3 is 0 Å². The molecule has 1 aliphatic rings. The van der Waals surface area contributed by atoms with Gasteiger partial charge in [-0.1, -0.05) is 17.8 Å². The number of benzene rings is 1. The summed E-state index contributed by atoms with van der Waals surface area (Å²) in [5, 5.41) is 5.12. The van der Waals surface area contributed by atoms with Gasteiger partial charge in [-0.15, -0.1) is 5.10 Å². The van der Waals surface area contributed by atoms with Crippen molar-refractivity contribution < 1.29 is 13.9 Å². The van der Waals surface area contributed by atoms with Gasteiger partial charge in [0.05, 0.1) is 13.5 Å². The van der Waals surface area contributed by atoms with Crippen LogP contribution in [0.1, 0.15) is 22.5 Å². The van der Waals surface area contributed by atoms with Crippen LogP contribution in [-0.2, 0) is 17.8 Å². The van der Waals surface area contributed by atoms with Gasteiger partial charge in [-0.05, 0) is 37.8 Å². The number of carbonyl (C=O) groups is 1. The Bertz CT molecular complexity index is 1140. The van der Waals surface area contributed by atoms with Gasteiger partial charge in [-0.25, -0.2) is 13.9 Å². The number of ether oxygens (including phenoxy) is 1. The molecule has 0 radical (unpaired) electrons. The SMILES string of the molecule is COc1ccc(CN2CCN(C(=O)Cc3c(C)nc4nc(SC)nn4c3C)CC2)cc1F. The summed E-state index contributed by atoms with van der Waals surface area (Å²) in [7, 11) is 1.46. The molecule has 0 aliphatic carbocycles. The molecule has 32 heavy (non-hydrogen) atoms. The minimum absolute atomic E-state index is 0.0812. The Morgan fingerprint density at radius 3 is 2.59 bits per heavy atom. The van der Waals surface area contributed by atoms with Crippen LogP contribution in [0.4, 0.5) is 4.39 Å². The number of halogens is 1. The number of amides is 1. The third kappa shape index (κ3) is 4.56. The molecule has 1 saturated heterocycles. The van der Waals surface area contributed by atoms with E-state index in [1.54, 1.807) is 10.6 Å². The van der Waals surface area contributed by atoms with E-state index >= 15 is 0 Å². The van der Waals surface area contributed by atoms with Gasteiger partial charge in [0.1, 0.15) is 0 Å². The topological polar surface area (TPSA) is 75.9 Å². The number of methoxy groups -OCH3 is 1. The van der Waals surface area contributed by atoms with Gasteiger partial charge in [0.2, 0.25) is 11.1 Å². The van der Waals surface area contributed by atoms with Crippen LogP contribution in [0.25, 0.3) is 5.78 Å². The van der Waals surface area contributed by atoms with E-state index in [2.05, 4.69) is 20.0 Å². The molecule has 0 unspecified atom stereocenters. The number of hydrogen-bond acceptors (Lipinski definition) is 7. The van der Waals surface area contributed by atoms with E-state index in [4.69, 9.17) is 4.74 Å². The predicted molar refractivity (Wildman–Crippen MR) is 121 cm³/mol. The summed E-state index contributed by atoms with van der Waals surface area (Å²) in [4.78, 5) is 26.1. The van der Waals surface area contributed by atoms with E-state index in [0.717, 1.165) is 35.6 Å². The zero-order chi connectivity index (χ0) is 22.8. The van der Waals surface area contributed by atoms with Crippen molar-refractivity contribution in [2.24, 2.45) is 0 Å². The van der Waals surface area contributed by atoms with Crippen LogP contribution in [0.3, 0.4) is 0 Å². The highest BCUT2D eigenvalue weighted by atomic mass is 32.2. The zero-order valence-corrected chi connectivity index (χ0v) is 19.6. The number of rotatable bonds is 6. The van der Waals surface area contributed by atoms with Gasteiger partial charge in [0.15, 0.2) is 11.6 Å². The number of thioether (sulfide) groups is 1. The number of carbonyl (C=O) groups excluding carboxylic acids is 1. The van der Waals surface area contributed by atoms with E-state index in [-0.39, 0.29) is 17.5 Å². The van der Waals surface area contributed by atoms with Gasteiger partial charge in [0.25, 0.3) is 5.78 Å². The molecule has 3 heterocycles. The number of piperazine rings is 1. The maximum Gasteiger partial charge on any atom is 0.253 e. The van der Waals surface area contributed by atoms with Crippen molar-refractivity contribution in [1.29, 1.82) is 0 Å². The lowest BCUT2D eigenvalue weighted by Gasteiger charge is -2.35. The molecule has 10 heteroatoms. The van der Waals surface area contributed by atoms with E-state index in [9.17, 15) is 9.18 Å². The monoisotopic (exact) mass is 458 g/mol. The molecule has 2 aromatic heterocycles. The van der Waals surface area contributed by atoms with Crippen LogP contribution in [-0.4, -0.2) is 74.8 Å². The van der Waals surface area contributed by atoms with Crippen molar-refractivity contribution in [3.63, 3.8) is 0 Å². The minimum atomic E-state index is -0.354. The molecule has 170 valence electrons. The maximum absolute atomic E-state index is 14.0. The zero-order valence-electron chi connectivity index (χ0n) is 18.8. The van der Waals surface area contributed by atoms with E-state index in [0.29, 0.717) is 37.0 Å². The second kappa shape index (κ2) is 9.41. The number of aryl methyl sites for hydroxylation is 2. The van der Waals surface area contributed by atoms with Crippen LogP contribution in [0.5, 0.6) is 5.75 Å². The van der Waals surface area contributed by atoms with Crippen molar-refractivity contribution in [1.82, 2.24) is 29.4 Å². The molecule has 1 aliphatic heterocycles. The van der Waals surface area contributed by atoms with Crippen molar-refractivity contribution in [2.75, 3.05) is 39.5 Å². The summed E-state index contributed by atoms with van der Waals surface area (Å²) in [6.45, 7) is 7.29. The Morgan fingerprint density at radius 1 is 1.19 bits per heavy atom. The number of aromatic nitrogens is 4. The van der Waals surface area contributed by atoms with Crippen LogP contribution in [0, 0.1) is 19.7 Å². The molecule has 0 bridgehead atoms. The summed E-state index contributed by atoms with van der Waals surface area (Å²) in [6, 6.07) is 5.04. The highest BCUT2D eigenvalue weighted by Crippen LogP contribution is 2.20. The fraction of sp³-hybridized carbons (Fsp3) is 0.455. The van der Waals surface area contributed by atoms with Crippen LogP contribution < -0.4 is 4.74 Å². The Labute approximate surface area is 190 Å². The van der Waals surface area contributed by atoms with Gasteiger partial charge in [0, 0.05) is 49.7 Å². The molecular formula is C22H27FN6O2S. The van der Waals surface area contributed by atoms with Gasteiger partial charge in [-0.3, -0.25) is 9.69 Å².